The van der Waals surface area contributed by atoms with E-state index in [0.29, 0.717) is 0 Å². The van der Waals surface area contributed by atoms with Gasteiger partial charge in [0.05, 0.1) is 5.41 Å². The molecule has 3 aliphatic rings. The summed E-state index contributed by atoms with van der Waals surface area (Å²) in [5, 5.41) is 24.8. The van der Waals surface area contributed by atoms with Crippen LogP contribution < -0.4 is 10.2 Å². The van der Waals surface area contributed by atoms with Crippen LogP contribution in [0.1, 0.15) is 72.6 Å². The molecule has 26 heavy (non-hydrogen) atoms. The topological polar surface area (TPSA) is 83.4 Å². The molecule has 1 radical (unpaired) electrons. The molecule has 0 aromatic heterocycles. The molecule has 147 valence electrons. The molecule has 0 spiro atoms. The van der Waals surface area contributed by atoms with Crippen LogP contribution in [0, 0.1) is 17.8 Å². The third kappa shape index (κ3) is 7.60. The summed E-state index contributed by atoms with van der Waals surface area (Å²) in [5.41, 5.74) is 6.48. The molecule has 0 bridgehead atoms. The van der Waals surface area contributed by atoms with Gasteiger partial charge in [-0.2, -0.15) is 19.8 Å². The first-order valence-electron chi connectivity index (χ1n) is 9.16. The predicted octanol–water partition coefficient (Wildman–Crippen LogP) is 3.26. The standard InChI is InChI=1S/C14H19.C5H10O2.2CH3O.Ti/c1-10-11-6-2-4-8-13(11)14-9-5-3-7-12(10)14;1-5(2,3)4(6)7;2*1-2;/h6,10H,2-5,7-9H2,1H3;1-3H3,(H,6,7);2*1H3;/q-1;;2*-1;+3. The Hall–Kier alpha value is -0.546. The first-order chi connectivity index (χ1) is 11.8. The SMILES string of the molecule is CC(C)(C)C(=O)O.CC1C2=C(CCC[CH-]2)C2=C1CCCC2.C[O-].C[O-].[Ti+3]. The fraction of sp³-hybridized carbons (Fsp3) is 0.714. The molecular weight excluding hydrogens is 364 g/mol. The van der Waals surface area contributed by atoms with Crippen LogP contribution in [0.15, 0.2) is 22.3 Å². The van der Waals surface area contributed by atoms with E-state index in [0.717, 1.165) is 20.1 Å². The monoisotopic (exact) mass is 399 g/mol. The fourth-order valence-corrected chi connectivity index (χ4v) is 3.51. The number of carboxylic acid groups (broad SMARTS) is 1. The van der Waals surface area contributed by atoms with Gasteiger partial charge in [-0.05, 0) is 46.0 Å². The summed E-state index contributed by atoms with van der Waals surface area (Å²) in [6, 6.07) is 0. The summed E-state index contributed by atoms with van der Waals surface area (Å²) in [4.78, 5) is 10.0. The molecule has 1 N–H and O–H groups in total. The van der Waals surface area contributed by atoms with Gasteiger partial charge < -0.3 is 15.3 Å². The molecule has 0 amide bonds. The maximum Gasteiger partial charge on any atom is 3.00 e. The molecule has 0 saturated carbocycles. The van der Waals surface area contributed by atoms with Gasteiger partial charge in [0.25, 0.3) is 0 Å². The third-order valence-electron chi connectivity index (χ3n) is 4.85. The van der Waals surface area contributed by atoms with E-state index in [1.165, 1.54) is 44.9 Å². The Morgan fingerprint density at radius 2 is 1.46 bits per heavy atom. The van der Waals surface area contributed by atoms with Crippen LogP contribution in [0.25, 0.3) is 0 Å². The number of allylic oxidation sites excluding steroid dienone is 4. The molecule has 0 fully saturated rings. The normalized spacial score (nSPS) is 20.4. The second-order valence-corrected chi connectivity index (χ2v) is 7.52. The van der Waals surface area contributed by atoms with E-state index in [-0.39, 0.29) is 21.7 Å². The largest absolute Gasteiger partial charge is 3.00 e. The summed E-state index contributed by atoms with van der Waals surface area (Å²) in [6.07, 6.45) is 12.2. The van der Waals surface area contributed by atoms with Crippen molar-refractivity contribution in [2.45, 2.75) is 72.6 Å². The summed E-state index contributed by atoms with van der Waals surface area (Å²) in [6.45, 7) is 7.41. The van der Waals surface area contributed by atoms with Crippen molar-refractivity contribution in [2.24, 2.45) is 11.3 Å². The summed E-state index contributed by atoms with van der Waals surface area (Å²) >= 11 is 0. The van der Waals surface area contributed by atoms with Gasteiger partial charge >= 0.3 is 27.7 Å². The molecule has 4 nitrogen and oxygen atoms in total. The van der Waals surface area contributed by atoms with Crippen molar-refractivity contribution < 1.29 is 41.8 Å². The Labute approximate surface area is 174 Å². The Morgan fingerprint density at radius 1 is 1.00 bits per heavy atom. The van der Waals surface area contributed by atoms with Crippen LogP contribution in [-0.2, 0) is 26.5 Å². The zero-order valence-corrected chi connectivity index (χ0v) is 18.8. The van der Waals surface area contributed by atoms with E-state index in [1.807, 2.05) is 0 Å². The number of rotatable bonds is 0. The molecule has 5 heteroatoms. The van der Waals surface area contributed by atoms with Crippen molar-refractivity contribution in [1.82, 2.24) is 0 Å². The number of carboxylic acids is 1. The minimum atomic E-state index is -0.757. The first-order valence-corrected chi connectivity index (χ1v) is 9.16. The zero-order valence-electron chi connectivity index (χ0n) is 17.3. The van der Waals surface area contributed by atoms with Gasteiger partial charge in [0.2, 0.25) is 0 Å². The Balaban J connectivity index is 0. The van der Waals surface area contributed by atoms with Gasteiger partial charge in [-0.25, -0.2) is 12.0 Å². The Kier molecular flexibility index (Phi) is 14.5. The molecule has 0 aromatic carbocycles. The second-order valence-electron chi connectivity index (χ2n) is 7.52. The molecule has 0 heterocycles. The first kappa shape index (κ1) is 27.7. The minimum absolute atomic E-state index is 0. The van der Waals surface area contributed by atoms with E-state index in [9.17, 15) is 4.79 Å². The molecular formula is C21H35O4Ti. The zero-order chi connectivity index (χ0) is 19.6. The molecule has 3 aliphatic carbocycles. The van der Waals surface area contributed by atoms with Crippen LogP contribution in [0.2, 0.25) is 0 Å². The van der Waals surface area contributed by atoms with Crippen molar-refractivity contribution in [3.05, 3.63) is 28.7 Å². The molecule has 0 aromatic rings. The number of hydrogen-bond acceptors (Lipinski definition) is 3. The fourth-order valence-electron chi connectivity index (χ4n) is 3.51. The van der Waals surface area contributed by atoms with E-state index < -0.39 is 11.4 Å². The maximum absolute atomic E-state index is 10.0. The number of hydrogen-bond donors (Lipinski definition) is 1. The van der Waals surface area contributed by atoms with Crippen LogP contribution in [0.3, 0.4) is 0 Å². The van der Waals surface area contributed by atoms with Crippen molar-refractivity contribution in [2.75, 3.05) is 14.2 Å². The van der Waals surface area contributed by atoms with Gasteiger partial charge in [0.15, 0.2) is 0 Å². The van der Waals surface area contributed by atoms with E-state index in [1.54, 1.807) is 43.1 Å². The van der Waals surface area contributed by atoms with Crippen LogP contribution in [0.5, 0.6) is 0 Å². The van der Waals surface area contributed by atoms with Crippen molar-refractivity contribution in [3.63, 3.8) is 0 Å². The maximum atomic E-state index is 10.0. The minimum Gasteiger partial charge on any atom is -0.857 e. The Morgan fingerprint density at radius 3 is 1.96 bits per heavy atom. The van der Waals surface area contributed by atoms with E-state index in [2.05, 4.69) is 13.3 Å². The van der Waals surface area contributed by atoms with E-state index >= 15 is 0 Å². The van der Waals surface area contributed by atoms with Gasteiger partial charge in [0.1, 0.15) is 0 Å². The van der Waals surface area contributed by atoms with Gasteiger partial charge in [-0.1, -0.05) is 31.8 Å². The van der Waals surface area contributed by atoms with Crippen LogP contribution in [0.4, 0.5) is 0 Å². The molecule has 1 atom stereocenters. The van der Waals surface area contributed by atoms with Gasteiger partial charge in [-0.15, -0.1) is 12.0 Å². The molecule has 0 aliphatic heterocycles. The average Bonchev–Trinajstić information content (AvgIpc) is 2.92. The molecule has 1 unspecified atom stereocenters. The van der Waals surface area contributed by atoms with Crippen LogP contribution >= 0.6 is 0 Å². The molecule has 0 saturated heterocycles. The van der Waals surface area contributed by atoms with Crippen molar-refractivity contribution >= 4 is 5.97 Å². The average molecular weight is 399 g/mol. The predicted molar refractivity (Wildman–Crippen MR) is 98.8 cm³/mol. The smallest absolute Gasteiger partial charge is 0.857 e. The number of fused-ring (bicyclic) bond motifs is 1. The van der Waals surface area contributed by atoms with Crippen LogP contribution in [-0.4, -0.2) is 25.3 Å². The van der Waals surface area contributed by atoms with Crippen molar-refractivity contribution in [3.8, 4) is 0 Å². The summed E-state index contributed by atoms with van der Waals surface area (Å²) in [7, 11) is 1.50. The van der Waals surface area contributed by atoms with Crippen molar-refractivity contribution in [1.29, 1.82) is 0 Å². The summed E-state index contributed by atoms with van der Waals surface area (Å²) in [5.74, 6) is 0.0214. The van der Waals surface area contributed by atoms with Gasteiger partial charge in [0, 0.05) is 0 Å². The number of carbonyl (C=O) groups is 1. The number of aliphatic carboxylic acids is 1. The Bertz CT molecular complexity index is 455. The van der Waals surface area contributed by atoms with E-state index in [4.69, 9.17) is 15.3 Å². The summed E-state index contributed by atoms with van der Waals surface area (Å²) < 4.78 is 0. The quantitative estimate of drug-likeness (QED) is 0.501. The second kappa shape index (κ2) is 13.6. The van der Waals surface area contributed by atoms with Gasteiger partial charge in [-0.3, -0.25) is 4.79 Å². The third-order valence-corrected chi connectivity index (χ3v) is 4.85. The molecule has 3 rings (SSSR count).